The van der Waals surface area contributed by atoms with E-state index in [0.717, 1.165) is 24.1 Å². The molecule has 1 aliphatic rings. The van der Waals surface area contributed by atoms with Crippen LogP contribution in [0.5, 0.6) is 5.88 Å². The molecule has 17 heavy (non-hydrogen) atoms. The largest absolute Gasteiger partial charge is 0.477 e. The second kappa shape index (κ2) is 5.83. The van der Waals surface area contributed by atoms with Gasteiger partial charge in [0.1, 0.15) is 0 Å². The lowest BCUT2D eigenvalue weighted by atomic mass is 9.67. The summed E-state index contributed by atoms with van der Waals surface area (Å²) in [7, 11) is 1.75. The lowest BCUT2D eigenvalue weighted by Crippen LogP contribution is -2.36. The van der Waals surface area contributed by atoms with Gasteiger partial charge in [0.05, 0.1) is 6.61 Å². The number of methoxy groups -OCH3 is 1. The summed E-state index contributed by atoms with van der Waals surface area (Å²) in [6.07, 6.45) is 6.64. The summed E-state index contributed by atoms with van der Waals surface area (Å²) in [6.45, 7) is 1.57. The molecule has 0 amide bonds. The Kier molecular flexibility index (Phi) is 4.40. The molecule has 94 valence electrons. The molecule has 3 nitrogen and oxygen atoms in total. The van der Waals surface area contributed by atoms with Crippen LogP contribution in [0.3, 0.4) is 0 Å². The Hall–Kier alpha value is -0.610. The summed E-state index contributed by atoms with van der Waals surface area (Å²) < 4.78 is 11.9. The highest BCUT2D eigenvalue weighted by atomic mass is 79.9. The van der Waals surface area contributed by atoms with Gasteiger partial charge in [0, 0.05) is 35.9 Å². The van der Waals surface area contributed by atoms with Gasteiger partial charge in [-0.05, 0) is 41.3 Å². The molecule has 0 radical (unpaired) electrons. The number of halogens is 1. The standard InChI is InChI=1S/C13H18BrNO2/c1-16-8-7-13(5-2-6-13)10-17-12-4-3-11(14)9-15-12/h3-4,9H,2,5-8,10H2,1H3. The fraction of sp³-hybridized carbons (Fsp3) is 0.615. The average molecular weight is 300 g/mol. The van der Waals surface area contributed by atoms with Crippen LogP contribution in [0, 0.1) is 5.41 Å². The van der Waals surface area contributed by atoms with E-state index in [4.69, 9.17) is 9.47 Å². The SMILES string of the molecule is COCCC1(COc2ccc(Br)cn2)CCC1. The highest BCUT2D eigenvalue weighted by Crippen LogP contribution is 2.44. The molecule has 0 N–H and O–H groups in total. The Balaban J connectivity index is 1.85. The zero-order chi connectivity index (χ0) is 12.1. The minimum Gasteiger partial charge on any atom is -0.477 e. The van der Waals surface area contributed by atoms with Gasteiger partial charge in [0.2, 0.25) is 5.88 Å². The topological polar surface area (TPSA) is 31.4 Å². The van der Waals surface area contributed by atoms with Crippen molar-refractivity contribution in [1.82, 2.24) is 4.98 Å². The maximum absolute atomic E-state index is 5.78. The summed E-state index contributed by atoms with van der Waals surface area (Å²) >= 11 is 3.36. The zero-order valence-electron chi connectivity index (χ0n) is 10.1. The molecule has 0 saturated heterocycles. The van der Waals surface area contributed by atoms with Gasteiger partial charge in [0.25, 0.3) is 0 Å². The third kappa shape index (κ3) is 3.42. The molecule has 0 bridgehead atoms. The van der Waals surface area contributed by atoms with Crippen molar-refractivity contribution >= 4 is 15.9 Å². The molecule has 1 heterocycles. The van der Waals surface area contributed by atoms with E-state index in [9.17, 15) is 0 Å². The second-order valence-corrected chi connectivity index (χ2v) is 5.62. The van der Waals surface area contributed by atoms with E-state index in [1.54, 1.807) is 13.3 Å². The Morgan fingerprint density at radius 2 is 2.24 bits per heavy atom. The van der Waals surface area contributed by atoms with Crippen LogP contribution in [0.4, 0.5) is 0 Å². The first-order chi connectivity index (χ1) is 8.24. The number of ether oxygens (including phenoxy) is 2. The van der Waals surface area contributed by atoms with Crippen LogP contribution in [0.2, 0.25) is 0 Å². The van der Waals surface area contributed by atoms with Gasteiger partial charge in [-0.2, -0.15) is 0 Å². The van der Waals surface area contributed by atoms with Gasteiger partial charge < -0.3 is 9.47 Å². The van der Waals surface area contributed by atoms with Gasteiger partial charge in [-0.25, -0.2) is 4.98 Å². The van der Waals surface area contributed by atoms with E-state index in [1.807, 2.05) is 12.1 Å². The molecule has 2 rings (SSSR count). The lowest BCUT2D eigenvalue weighted by molar-refractivity contribution is 0.0210. The predicted octanol–water partition coefficient (Wildman–Crippen LogP) is 3.43. The van der Waals surface area contributed by atoms with E-state index in [0.29, 0.717) is 11.3 Å². The Morgan fingerprint density at radius 1 is 1.41 bits per heavy atom. The van der Waals surface area contributed by atoms with Gasteiger partial charge in [-0.1, -0.05) is 6.42 Å². The Labute approximate surface area is 111 Å². The molecular formula is C13H18BrNO2. The average Bonchev–Trinajstić information content (AvgIpc) is 2.30. The van der Waals surface area contributed by atoms with Crippen molar-refractivity contribution in [2.45, 2.75) is 25.7 Å². The first kappa shape index (κ1) is 12.8. The second-order valence-electron chi connectivity index (χ2n) is 4.70. The van der Waals surface area contributed by atoms with Crippen molar-refractivity contribution in [2.24, 2.45) is 5.41 Å². The normalized spacial score (nSPS) is 17.5. The first-order valence-corrected chi connectivity index (χ1v) is 6.77. The number of aromatic nitrogens is 1. The molecular weight excluding hydrogens is 282 g/mol. The highest BCUT2D eigenvalue weighted by molar-refractivity contribution is 9.10. The molecule has 1 aromatic heterocycles. The molecule has 1 saturated carbocycles. The van der Waals surface area contributed by atoms with Crippen LogP contribution in [-0.2, 0) is 4.74 Å². The molecule has 1 aromatic rings. The smallest absolute Gasteiger partial charge is 0.213 e. The van der Waals surface area contributed by atoms with E-state index >= 15 is 0 Å². The zero-order valence-corrected chi connectivity index (χ0v) is 11.7. The van der Waals surface area contributed by atoms with Crippen molar-refractivity contribution < 1.29 is 9.47 Å². The van der Waals surface area contributed by atoms with E-state index < -0.39 is 0 Å². The van der Waals surface area contributed by atoms with Crippen LogP contribution in [0.25, 0.3) is 0 Å². The quantitative estimate of drug-likeness (QED) is 0.806. The minimum absolute atomic E-state index is 0.324. The maximum Gasteiger partial charge on any atom is 0.213 e. The highest BCUT2D eigenvalue weighted by Gasteiger charge is 2.37. The molecule has 1 fully saturated rings. The maximum atomic E-state index is 5.78. The molecule has 0 atom stereocenters. The molecule has 0 spiro atoms. The van der Waals surface area contributed by atoms with E-state index in [-0.39, 0.29) is 0 Å². The molecule has 0 unspecified atom stereocenters. The predicted molar refractivity (Wildman–Crippen MR) is 70.2 cm³/mol. The first-order valence-electron chi connectivity index (χ1n) is 5.97. The molecule has 0 aliphatic heterocycles. The summed E-state index contributed by atoms with van der Waals surface area (Å²) in [6, 6.07) is 3.84. The number of pyridine rings is 1. The Morgan fingerprint density at radius 3 is 2.76 bits per heavy atom. The van der Waals surface area contributed by atoms with Crippen LogP contribution in [0.1, 0.15) is 25.7 Å². The van der Waals surface area contributed by atoms with Gasteiger partial charge in [-0.3, -0.25) is 0 Å². The van der Waals surface area contributed by atoms with Crippen LogP contribution < -0.4 is 4.74 Å². The summed E-state index contributed by atoms with van der Waals surface area (Å²) in [5.41, 5.74) is 0.324. The molecule has 1 aliphatic carbocycles. The summed E-state index contributed by atoms with van der Waals surface area (Å²) in [5, 5.41) is 0. The van der Waals surface area contributed by atoms with Crippen LogP contribution >= 0.6 is 15.9 Å². The van der Waals surface area contributed by atoms with Crippen molar-refractivity contribution in [1.29, 1.82) is 0 Å². The third-order valence-electron chi connectivity index (χ3n) is 3.48. The summed E-state index contributed by atoms with van der Waals surface area (Å²) in [5.74, 6) is 0.705. The van der Waals surface area contributed by atoms with Crippen molar-refractivity contribution in [2.75, 3.05) is 20.3 Å². The summed E-state index contributed by atoms with van der Waals surface area (Å²) in [4.78, 5) is 4.22. The Bertz CT molecular complexity index is 349. The lowest BCUT2D eigenvalue weighted by Gasteiger charge is -2.41. The van der Waals surface area contributed by atoms with Crippen molar-refractivity contribution in [3.63, 3.8) is 0 Å². The molecule has 0 aromatic carbocycles. The monoisotopic (exact) mass is 299 g/mol. The number of hydrogen-bond acceptors (Lipinski definition) is 3. The van der Waals surface area contributed by atoms with Gasteiger partial charge in [0.15, 0.2) is 0 Å². The fourth-order valence-electron chi connectivity index (χ4n) is 2.14. The van der Waals surface area contributed by atoms with Gasteiger partial charge in [-0.15, -0.1) is 0 Å². The molecule has 4 heteroatoms. The number of hydrogen-bond donors (Lipinski definition) is 0. The van der Waals surface area contributed by atoms with E-state index in [1.165, 1.54) is 19.3 Å². The van der Waals surface area contributed by atoms with Crippen molar-refractivity contribution in [3.05, 3.63) is 22.8 Å². The number of rotatable bonds is 6. The van der Waals surface area contributed by atoms with Crippen molar-refractivity contribution in [3.8, 4) is 5.88 Å². The minimum atomic E-state index is 0.324. The van der Waals surface area contributed by atoms with Gasteiger partial charge >= 0.3 is 0 Å². The fourth-order valence-corrected chi connectivity index (χ4v) is 2.37. The van der Waals surface area contributed by atoms with Crippen LogP contribution in [-0.4, -0.2) is 25.3 Å². The van der Waals surface area contributed by atoms with E-state index in [2.05, 4.69) is 20.9 Å². The van der Waals surface area contributed by atoms with Crippen LogP contribution in [0.15, 0.2) is 22.8 Å². The third-order valence-corrected chi connectivity index (χ3v) is 3.95. The number of nitrogens with zero attached hydrogens (tertiary/aromatic N) is 1.